The fourth-order valence-electron chi connectivity index (χ4n) is 4.59. The summed E-state index contributed by atoms with van der Waals surface area (Å²) in [6, 6.07) is 18.3. The number of amides is 2. The molecular weight excluding hydrogens is 558 g/mol. The largest absolute Gasteiger partial charge is 0.354 e. The SMILES string of the molecule is CC[C@@H](C(=O)NCC(C)C)N(Cc1ccccc1Cl)C(=O)CN(c1ccc(C)cc1C)S(=O)(=O)c1ccc(C)cc1. The smallest absolute Gasteiger partial charge is 0.264 e. The molecule has 0 aliphatic heterocycles. The number of sulfonamides is 1. The van der Waals surface area contributed by atoms with Crippen molar-refractivity contribution in [1.82, 2.24) is 10.2 Å². The third kappa shape index (κ3) is 8.11. The monoisotopic (exact) mass is 597 g/mol. The number of carbonyl (C=O) groups is 2. The van der Waals surface area contributed by atoms with Crippen molar-refractivity contribution in [2.45, 2.75) is 65.4 Å². The summed E-state index contributed by atoms with van der Waals surface area (Å²) in [6.45, 7) is 11.5. The second-order valence-corrected chi connectivity index (χ2v) is 13.1. The van der Waals surface area contributed by atoms with Gasteiger partial charge in [-0.2, -0.15) is 0 Å². The van der Waals surface area contributed by atoms with Crippen molar-refractivity contribution >= 4 is 39.1 Å². The van der Waals surface area contributed by atoms with Crippen LogP contribution in [0.15, 0.2) is 71.6 Å². The Bertz CT molecular complexity index is 1470. The molecule has 0 fully saturated rings. The van der Waals surface area contributed by atoms with Crippen LogP contribution in [0.3, 0.4) is 0 Å². The number of hydrogen-bond donors (Lipinski definition) is 1. The van der Waals surface area contributed by atoms with E-state index in [1.807, 2.05) is 59.7 Å². The van der Waals surface area contributed by atoms with Gasteiger partial charge in [0.2, 0.25) is 11.8 Å². The van der Waals surface area contributed by atoms with Crippen LogP contribution < -0.4 is 9.62 Å². The summed E-state index contributed by atoms with van der Waals surface area (Å²) in [4.78, 5) is 29.0. The van der Waals surface area contributed by atoms with Gasteiger partial charge in [-0.3, -0.25) is 13.9 Å². The van der Waals surface area contributed by atoms with Crippen molar-refractivity contribution in [1.29, 1.82) is 0 Å². The topological polar surface area (TPSA) is 86.8 Å². The second kappa shape index (κ2) is 14.0. The van der Waals surface area contributed by atoms with Crippen molar-refractivity contribution in [3.05, 3.63) is 94.0 Å². The molecule has 9 heteroatoms. The average Bonchev–Trinajstić information content (AvgIpc) is 2.92. The van der Waals surface area contributed by atoms with Crippen LogP contribution in [0.25, 0.3) is 0 Å². The molecule has 41 heavy (non-hydrogen) atoms. The van der Waals surface area contributed by atoms with Gasteiger partial charge < -0.3 is 10.2 Å². The van der Waals surface area contributed by atoms with Crippen LogP contribution in [0, 0.1) is 26.7 Å². The lowest BCUT2D eigenvalue weighted by Gasteiger charge is -2.34. The van der Waals surface area contributed by atoms with Crippen molar-refractivity contribution in [2.75, 3.05) is 17.4 Å². The maximum atomic E-state index is 14.2. The van der Waals surface area contributed by atoms with Gasteiger partial charge in [0.1, 0.15) is 12.6 Å². The van der Waals surface area contributed by atoms with Gasteiger partial charge in [0.15, 0.2) is 0 Å². The maximum absolute atomic E-state index is 14.2. The molecule has 0 aliphatic rings. The Morgan fingerprint density at radius 1 is 0.927 bits per heavy atom. The number of rotatable bonds is 12. The first-order chi connectivity index (χ1) is 19.3. The lowest BCUT2D eigenvalue weighted by atomic mass is 10.1. The molecular formula is C32H40ClN3O4S. The standard InChI is InChI=1S/C32H40ClN3O4S/c1-7-29(32(38)34-19-22(2)3)35(20-26-10-8-9-11-28(26)33)31(37)21-36(30-17-14-24(5)18-25(30)6)41(39,40)27-15-12-23(4)13-16-27/h8-18,22,29H,7,19-21H2,1-6H3,(H,34,38)/t29-/m0/s1. The highest BCUT2D eigenvalue weighted by Crippen LogP contribution is 2.29. The van der Waals surface area contributed by atoms with E-state index in [-0.39, 0.29) is 23.3 Å². The Kier molecular flexibility index (Phi) is 11.0. The molecule has 7 nitrogen and oxygen atoms in total. The van der Waals surface area contributed by atoms with E-state index in [0.29, 0.717) is 34.8 Å². The third-order valence-corrected chi connectivity index (χ3v) is 9.02. The Balaban J connectivity index is 2.09. The molecule has 3 aromatic carbocycles. The molecule has 0 heterocycles. The van der Waals surface area contributed by atoms with E-state index in [1.165, 1.54) is 4.90 Å². The van der Waals surface area contributed by atoms with E-state index >= 15 is 0 Å². The average molecular weight is 598 g/mol. The van der Waals surface area contributed by atoms with Crippen LogP contribution in [0.4, 0.5) is 5.69 Å². The first-order valence-electron chi connectivity index (χ1n) is 13.8. The van der Waals surface area contributed by atoms with E-state index < -0.39 is 28.5 Å². The Hall–Kier alpha value is -3.36. The lowest BCUT2D eigenvalue weighted by molar-refractivity contribution is -0.140. The van der Waals surface area contributed by atoms with E-state index in [2.05, 4.69) is 5.32 Å². The van der Waals surface area contributed by atoms with Gasteiger partial charge in [-0.05, 0) is 68.5 Å². The normalized spacial score (nSPS) is 12.2. The molecule has 2 amide bonds. The molecule has 0 spiro atoms. The lowest BCUT2D eigenvalue weighted by Crippen LogP contribution is -2.52. The predicted octanol–water partition coefficient (Wildman–Crippen LogP) is 6.04. The fraction of sp³-hybridized carbons (Fsp3) is 0.375. The number of carbonyl (C=O) groups excluding carboxylic acids is 2. The van der Waals surface area contributed by atoms with Gasteiger partial charge in [-0.15, -0.1) is 0 Å². The summed E-state index contributed by atoms with van der Waals surface area (Å²) in [7, 11) is -4.13. The molecule has 0 radical (unpaired) electrons. The van der Waals surface area contributed by atoms with Crippen molar-refractivity contribution in [2.24, 2.45) is 5.92 Å². The molecule has 1 atom stereocenters. The molecule has 0 saturated carbocycles. The van der Waals surface area contributed by atoms with E-state index in [9.17, 15) is 18.0 Å². The molecule has 0 aliphatic carbocycles. The van der Waals surface area contributed by atoms with Crippen LogP contribution in [-0.2, 0) is 26.2 Å². The maximum Gasteiger partial charge on any atom is 0.264 e. The van der Waals surface area contributed by atoms with Crippen LogP contribution in [0.2, 0.25) is 5.02 Å². The number of nitrogens with one attached hydrogen (secondary N) is 1. The molecule has 0 unspecified atom stereocenters. The fourth-order valence-corrected chi connectivity index (χ4v) is 6.26. The number of nitrogens with zero attached hydrogens (tertiary/aromatic N) is 2. The summed E-state index contributed by atoms with van der Waals surface area (Å²) < 4.78 is 29.3. The Morgan fingerprint density at radius 2 is 1.56 bits per heavy atom. The van der Waals surface area contributed by atoms with Crippen LogP contribution in [-0.4, -0.2) is 44.3 Å². The van der Waals surface area contributed by atoms with Crippen molar-refractivity contribution in [3.63, 3.8) is 0 Å². The zero-order valence-electron chi connectivity index (χ0n) is 24.6. The summed E-state index contributed by atoms with van der Waals surface area (Å²) >= 11 is 6.46. The molecule has 3 rings (SSSR count). The number of halogens is 1. The highest BCUT2D eigenvalue weighted by molar-refractivity contribution is 7.92. The minimum Gasteiger partial charge on any atom is -0.354 e. The number of anilines is 1. The summed E-state index contributed by atoms with van der Waals surface area (Å²) in [6.07, 6.45) is 0.342. The highest BCUT2D eigenvalue weighted by Gasteiger charge is 2.34. The molecule has 0 aromatic heterocycles. The van der Waals surface area contributed by atoms with Crippen LogP contribution >= 0.6 is 11.6 Å². The number of benzene rings is 3. The molecule has 0 bridgehead atoms. The quantitative estimate of drug-likeness (QED) is 0.276. The van der Waals surface area contributed by atoms with Crippen molar-refractivity contribution in [3.8, 4) is 0 Å². The van der Waals surface area contributed by atoms with Gasteiger partial charge in [0.25, 0.3) is 10.0 Å². The minimum atomic E-state index is -4.13. The number of hydrogen-bond acceptors (Lipinski definition) is 4. The Morgan fingerprint density at radius 3 is 2.15 bits per heavy atom. The first kappa shape index (κ1) is 32.2. The molecule has 3 aromatic rings. The van der Waals surface area contributed by atoms with Gasteiger partial charge in [0.05, 0.1) is 10.6 Å². The van der Waals surface area contributed by atoms with E-state index in [4.69, 9.17) is 11.6 Å². The van der Waals surface area contributed by atoms with E-state index in [1.54, 1.807) is 48.5 Å². The second-order valence-electron chi connectivity index (χ2n) is 10.8. The van der Waals surface area contributed by atoms with Gasteiger partial charge >= 0.3 is 0 Å². The highest BCUT2D eigenvalue weighted by atomic mass is 35.5. The summed E-state index contributed by atoms with van der Waals surface area (Å²) in [5, 5.41) is 3.39. The summed E-state index contributed by atoms with van der Waals surface area (Å²) in [5.74, 6) is -0.572. The molecule has 1 N–H and O–H groups in total. The molecule has 0 saturated heterocycles. The predicted molar refractivity (Wildman–Crippen MR) is 166 cm³/mol. The van der Waals surface area contributed by atoms with Crippen LogP contribution in [0.5, 0.6) is 0 Å². The van der Waals surface area contributed by atoms with Gasteiger partial charge in [-0.1, -0.05) is 86.0 Å². The Labute approximate surface area is 249 Å². The van der Waals surface area contributed by atoms with Crippen LogP contribution in [0.1, 0.15) is 49.4 Å². The molecule has 220 valence electrons. The third-order valence-electron chi connectivity index (χ3n) is 6.88. The zero-order valence-corrected chi connectivity index (χ0v) is 26.2. The first-order valence-corrected chi connectivity index (χ1v) is 15.6. The van der Waals surface area contributed by atoms with Gasteiger partial charge in [0, 0.05) is 18.1 Å². The van der Waals surface area contributed by atoms with Crippen molar-refractivity contribution < 1.29 is 18.0 Å². The number of aryl methyl sites for hydroxylation is 3. The zero-order chi connectivity index (χ0) is 30.3. The minimum absolute atomic E-state index is 0.0530. The summed E-state index contributed by atoms with van der Waals surface area (Å²) in [5.41, 5.74) is 3.67. The van der Waals surface area contributed by atoms with Gasteiger partial charge in [-0.25, -0.2) is 8.42 Å². The van der Waals surface area contributed by atoms with E-state index in [0.717, 1.165) is 15.4 Å².